The second-order valence-electron chi connectivity index (χ2n) is 5.84. The number of benzene rings is 2. The minimum absolute atomic E-state index is 0.222. The molecule has 0 atom stereocenters. The monoisotopic (exact) mass is 418 g/mol. The van der Waals surface area contributed by atoms with Crippen LogP contribution in [0.1, 0.15) is 24.3 Å². The van der Waals surface area contributed by atoms with Crippen molar-refractivity contribution in [1.82, 2.24) is 0 Å². The van der Waals surface area contributed by atoms with Gasteiger partial charge in [-0.3, -0.25) is 9.05 Å². The third-order valence-electron chi connectivity index (χ3n) is 3.81. The summed E-state index contributed by atoms with van der Waals surface area (Å²) in [6.45, 7) is 3.92. The topological polar surface area (TPSA) is 54.0 Å². The van der Waals surface area contributed by atoms with Gasteiger partial charge in [0.05, 0.1) is 20.3 Å². The van der Waals surface area contributed by atoms with Crippen LogP contribution in [0.2, 0.25) is 0 Å². The van der Waals surface area contributed by atoms with E-state index in [1.165, 1.54) is 10.1 Å². The fourth-order valence-corrected chi connectivity index (χ4v) is 4.80. The number of hydrogen-bond donors (Lipinski definition) is 0. The lowest BCUT2D eigenvalue weighted by molar-refractivity contribution is 0.167. The van der Waals surface area contributed by atoms with Crippen LogP contribution in [0.5, 0.6) is 11.5 Å². The Morgan fingerprint density at radius 2 is 1.68 bits per heavy atom. The SMILES string of the molecule is CCOP(=O)(OCC)Oc1cc(/C=C/c2cc3ccccc3s2)cc(OC)c1. The van der Waals surface area contributed by atoms with Gasteiger partial charge in [-0.05, 0) is 55.1 Å². The Morgan fingerprint density at radius 1 is 0.964 bits per heavy atom. The zero-order valence-electron chi connectivity index (χ0n) is 16.1. The van der Waals surface area contributed by atoms with Gasteiger partial charge in [-0.15, -0.1) is 11.3 Å². The molecule has 7 heteroatoms. The van der Waals surface area contributed by atoms with Crippen molar-refractivity contribution in [2.24, 2.45) is 0 Å². The predicted octanol–water partition coefficient (Wildman–Crippen LogP) is 6.64. The second-order valence-corrected chi connectivity index (χ2v) is 8.54. The maximum Gasteiger partial charge on any atom is 0.530 e. The number of hydrogen-bond acceptors (Lipinski definition) is 6. The Kier molecular flexibility index (Phi) is 6.92. The normalized spacial score (nSPS) is 12.0. The van der Waals surface area contributed by atoms with Crippen molar-refractivity contribution in [3.8, 4) is 11.5 Å². The van der Waals surface area contributed by atoms with E-state index in [1.807, 2.05) is 30.4 Å². The highest BCUT2D eigenvalue weighted by Gasteiger charge is 2.27. The summed E-state index contributed by atoms with van der Waals surface area (Å²) in [5, 5.41) is 1.22. The van der Waals surface area contributed by atoms with Crippen molar-refractivity contribution in [3.63, 3.8) is 0 Å². The second kappa shape index (κ2) is 9.39. The molecule has 0 aliphatic rings. The summed E-state index contributed by atoms with van der Waals surface area (Å²) in [6, 6.07) is 15.7. The van der Waals surface area contributed by atoms with Crippen LogP contribution in [0.3, 0.4) is 0 Å². The van der Waals surface area contributed by atoms with Crippen molar-refractivity contribution >= 4 is 41.4 Å². The van der Waals surface area contributed by atoms with Crippen molar-refractivity contribution in [1.29, 1.82) is 0 Å². The molecular weight excluding hydrogens is 395 g/mol. The van der Waals surface area contributed by atoms with Crippen LogP contribution >= 0.6 is 19.2 Å². The molecule has 0 bridgehead atoms. The highest BCUT2D eigenvalue weighted by atomic mass is 32.1. The molecule has 1 heterocycles. The molecule has 148 valence electrons. The molecule has 2 aromatic carbocycles. The van der Waals surface area contributed by atoms with E-state index in [2.05, 4.69) is 18.2 Å². The first kappa shape index (κ1) is 20.6. The molecular formula is C21H23O5PS. The first-order valence-corrected chi connectivity index (χ1v) is 11.3. The Morgan fingerprint density at radius 3 is 2.36 bits per heavy atom. The number of ether oxygens (including phenoxy) is 1. The largest absolute Gasteiger partial charge is 0.530 e. The van der Waals surface area contributed by atoms with Crippen LogP contribution in [0.4, 0.5) is 0 Å². The predicted molar refractivity (Wildman–Crippen MR) is 115 cm³/mol. The number of fused-ring (bicyclic) bond motifs is 1. The minimum atomic E-state index is -3.67. The molecule has 0 unspecified atom stereocenters. The fourth-order valence-electron chi connectivity index (χ4n) is 2.66. The molecule has 0 amide bonds. The summed E-state index contributed by atoms with van der Waals surface area (Å²) in [5.74, 6) is 0.952. The number of thiophene rings is 1. The van der Waals surface area contributed by atoms with Crippen LogP contribution in [0.25, 0.3) is 22.2 Å². The maximum absolute atomic E-state index is 12.6. The Labute approximate surface area is 169 Å². The molecule has 3 rings (SSSR count). The molecule has 0 aliphatic heterocycles. The molecule has 0 fully saturated rings. The summed E-state index contributed by atoms with van der Waals surface area (Å²) in [6.07, 6.45) is 4.00. The first-order chi connectivity index (χ1) is 13.5. The molecule has 1 aromatic heterocycles. The van der Waals surface area contributed by atoms with Crippen LogP contribution in [-0.4, -0.2) is 20.3 Å². The van der Waals surface area contributed by atoms with Gasteiger partial charge in [-0.25, -0.2) is 4.57 Å². The van der Waals surface area contributed by atoms with Crippen molar-refractivity contribution in [3.05, 3.63) is 59.0 Å². The van der Waals surface area contributed by atoms with Gasteiger partial charge in [0.15, 0.2) is 0 Å². The smallest absolute Gasteiger partial charge is 0.497 e. The first-order valence-electron chi connectivity index (χ1n) is 8.99. The number of rotatable bonds is 9. The molecule has 0 N–H and O–H groups in total. The van der Waals surface area contributed by atoms with E-state index in [1.54, 1.807) is 44.4 Å². The van der Waals surface area contributed by atoms with E-state index in [-0.39, 0.29) is 13.2 Å². The summed E-state index contributed by atoms with van der Waals surface area (Å²) >= 11 is 1.72. The van der Waals surface area contributed by atoms with Crippen LogP contribution in [-0.2, 0) is 13.6 Å². The zero-order valence-corrected chi connectivity index (χ0v) is 17.8. The van der Waals surface area contributed by atoms with Gasteiger partial charge in [-0.2, -0.15) is 0 Å². The van der Waals surface area contributed by atoms with Gasteiger partial charge in [0, 0.05) is 15.6 Å². The fraction of sp³-hybridized carbons (Fsp3) is 0.238. The van der Waals surface area contributed by atoms with Crippen LogP contribution < -0.4 is 9.26 Å². The summed E-state index contributed by atoms with van der Waals surface area (Å²) in [4.78, 5) is 1.14. The van der Waals surface area contributed by atoms with Crippen molar-refractivity contribution in [2.45, 2.75) is 13.8 Å². The Bertz CT molecular complexity index is 968. The summed E-state index contributed by atoms with van der Waals surface area (Å²) in [7, 11) is -2.09. The van der Waals surface area contributed by atoms with Gasteiger partial charge in [-0.1, -0.05) is 24.3 Å². The number of methoxy groups -OCH3 is 1. The Hall–Kier alpha value is -2.11. The standard InChI is InChI=1S/C21H23O5PS/c1-4-24-27(22,25-5-2)26-19-13-16(12-18(15-19)23-3)10-11-20-14-17-8-6-7-9-21(17)28-20/h6-15H,4-5H2,1-3H3/b11-10+. The molecule has 0 aliphatic carbocycles. The van der Waals surface area contributed by atoms with Crippen molar-refractivity contribution in [2.75, 3.05) is 20.3 Å². The highest BCUT2D eigenvalue weighted by molar-refractivity contribution is 7.48. The number of phosphoric acid groups is 1. The van der Waals surface area contributed by atoms with E-state index in [0.717, 1.165) is 10.4 Å². The third-order valence-corrected chi connectivity index (χ3v) is 6.48. The average Bonchev–Trinajstić information content (AvgIpc) is 3.09. The molecule has 0 saturated carbocycles. The van der Waals surface area contributed by atoms with Crippen LogP contribution in [0, 0.1) is 0 Å². The van der Waals surface area contributed by atoms with E-state index in [9.17, 15) is 4.57 Å². The molecule has 3 aromatic rings. The van der Waals surface area contributed by atoms with Gasteiger partial charge in [0.25, 0.3) is 0 Å². The van der Waals surface area contributed by atoms with E-state index < -0.39 is 7.82 Å². The maximum atomic E-state index is 12.6. The minimum Gasteiger partial charge on any atom is -0.497 e. The quantitative estimate of drug-likeness (QED) is 0.365. The lowest BCUT2D eigenvalue weighted by atomic mass is 10.2. The average molecular weight is 418 g/mol. The molecule has 0 spiro atoms. The summed E-state index contributed by atoms with van der Waals surface area (Å²) < 4.78 is 35.2. The summed E-state index contributed by atoms with van der Waals surface area (Å²) in [5.41, 5.74) is 0.853. The van der Waals surface area contributed by atoms with Crippen molar-refractivity contribution < 1.29 is 22.9 Å². The molecule has 5 nitrogen and oxygen atoms in total. The molecule has 0 radical (unpaired) electrons. The van der Waals surface area contributed by atoms with E-state index in [4.69, 9.17) is 18.3 Å². The third kappa shape index (κ3) is 5.24. The highest BCUT2D eigenvalue weighted by Crippen LogP contribution is 2.49. The van der Waals surface area contributed by atoms with Gasteiger partial charge >= 0.3 is 7.82 Å². The lowest BCUT2D eigenvalue weighted by Gasteiger charge is -2.17. The zero-order chi connectivity index (χ0) is 20.0. The van der Waals surface area contributed by atoms with E-state index in [0.29, 0.717) is 11.5 Å². The number of phosphoric ester groups is 1. The Balaban J connectivity index is 1.86. The molecule has 0 saturated heterocycles. The van der Waals surface area contributed by atoms with Gasteiger partial charge < -0.3 is 9.26 Å². The molecule has 28 heavy (non-hydrogen) atoms. The van der Waals surface area contributed by atoms with Crippen LogP contribution in [0.15, 0.2) is 48.5 Å². The van der Waals surface area contributed by atoms with Gasteiger partial charge in [0.2, 0.25) is 0 Å². The lowest BCUT2D eigenvalue weighted by Crippen LogP contribution is -2.02. The van der Waals surface area contributed by atoms with E-state index >= 15 is 0 Å². The van der Waals surface area contributed by atoms with Gasteiger partial charge in [0.1, 0.15) is 11.5 Å².